The van der Waals surface area contributed by atoms with Crippen molar-refractivity contribution in [3.8, 4) is 21.3 Å². The van der Waals surface area contributed by atoms with Crippen LogP contribution in [0.2, 0.25) is 5.02 Å². The molecule has 8 heteroatoms. The van der Waals surface area contributed by atoms with Gasteiger partial charge in [0.2, 0.25) is 5.91 Å². The van der Waals surface area contributed by atoms with Crippen LogP contribution < -0.4 is 5.32 Å². The van der Waals surface area contributed by atoms with Gasteiger partial charge in [0.25, 0.3) is 0 Å². The van der Waals surface area contributed by atoms with E-state index in [-0.39, 0.29) is 12.5 Å². The number of carbonyl (C=O) groups is 1. The number of halogens is 1. The lowest BCUT2D eigenvalue weighted by molar-refractivity contribution is -0.121. The molecule has 27 heavy (non-hydrogen) atoms. The SMILES string of the molecule is O=C(Cn1cnc(-c2nc(-c3cccs3)cs2)c1)NCc1ccccc1Cl. The Morgan fingerprint density at radius 3 is 2.85 bits per heavy atom. The number of benzene rings is 1. The highest BCUT2D eigenvalue weighted by molar-refractivity contribution is 7.15. The van der Waals surface area contributed by atoms with Crippen LogP contribution in [0.25, 0.3) is 21.3 Å². The van der Waals surface area contributed by atoms with Gasteiger partial charge in [-0.1, -0.05) is 35.9 Å². The van der Waals surface area contributed by atoms with E-state index in [4.69, 9.17) is 11.6 Å². The second-order valence-electron chi connectivity index (χ2n) is 5.81. The van der Waals surface area contributed by atoms with Crippen LogP contribution in [0, 0.1) is 0 Å². The molecule has 0 saturated heterocycles. The van der Waals surface area contributed by atoms with Crippen molar-refractivity contribution in [3.05, 3.63) is 70.3 Å². The molecule has 5 nitrogen and oxygen atoms in total. The molecular weight excluding hydrogens is 400 g/mol. The molecule has 0 spiro atoms. The molecule has 0 aliphatic rings. The molecule has 0 saturated carbocycles. The number of rotatable bonds is 6. The summed E-state index contributed by atoms with van der Waals surface area (Å²) in [5.41, 5.74) is 2.61. The first-order valence-electron chi connectivity index (χ1n) is 8.21. The minimum absolute atomic E-state index is 0.0997. The van der Waals surface area contributed by atoms with Crippen molar-refractivity contribution in [1.82, 2.24) is 19.9 Å². The third-order valence-electron chi connectivity index (χ3n) is 3.89. The van der Waals surface area contributed by atoms with E-state index in [2.05, 4.69) is 15.3 Å². The van der Waals surface area contributed by atoms with Gasteiger partial charge in [-0.2, -0.15) is 0 Å². The Morgan fingerprint density at radius 1 is 1.15 bits per heavy atom. The van der Waals surface area contributed by atoms with Crippen molar-refractivity contribution in [1.29, 1.82) is 0 Å². The van der Waals surface area contributed by atoms with Gasteiger partial charge in [0.15, 0.2) is 0 Å². The molecule has 0 aliphatic heterocycles. The molecule has 0 fully saturated rings. The normalized spacial score (nSPS) is 10.9. The molecule has 4 aromatic rings. The fraction of sp³-hybridized carbons (Fsp3) is 0.105. The zero-order valence-electron chi connectivity index (χ0n) is 14.1. The summed E-state index contributed by atoms with van der Waals surface area (Å²) in [6.07, 6.45) is 3.49. The molecule has 0 radical (unpaired) electrons. The smallest absolute Gasteiger partial charge is 0.240 e. The Balaban J connectivity index is 1.38. The summed E-state index contributed by atoms with van der Waals surface area (Å²) in [7, 11) is 0. The van der Waals surface area contributed by atoms with Crippen molar-refractivity contribution in [2.24, 2.45) is 0 Å². The van der Waals surface area contributed by atoms with Crippen molar-refractivity contribution < 1.29 is 4.79 Å². The van der Waals surface area contributed by atoms with Gasteiger partial charge >= 0.3 is 0 Å². The van der Waals surface area contributed by atoms with E-state index in [0.717, 1.165) is 26.8 Å². The monoisotopic (exact) mass is 414 g/mol. The number of thiophene rings is 1. The Hall–Kier alpha value is -2.48. The number of imidazole rings is 1. The molecule has 0 bridgehead atoms. The van der Waals surface area contributed by atoms with Crippen molar-refractivity contribution in [3.63, 3.8) is 0 Å². The quantitative estimate of drug-likeness (QED) is 0.497. The summed E-state index contributed by atoms with van der Waals surface area (Å²) in [6.45, 7) is 0.595. The van der Waals surface area contributed by atoms with Gasteiger partial charge in [0.05, 0.1) is 16.9 Å². The van der Waals surface area contributed by atoms with Crippen molar-refractivity contribution in [2.45, 2.75) is 13.1 Å². The summed E-state index contributed by atoms with van der Waals surface area (Å²) < 4.78 is 1.75. The third-order valence-corrected chi connectivity index (χ3v) is 6.02. The molecule has 3 aromatic heterocycles. The van der Waals surface area contributed by atoms with Gasteiger partial charge in [-0.25, -0.2) is 9.97 Å². The van der Waals surface area contributed by atoms with Crippen molar-refractivity contribution in [2.75, 3.05) is 0 Å². The lowest BCUT2D eigenvalue weighted by atomic mass is 10.2. The second kappa shape index (κ2) is 8.04. The highest BCUT2D eigenvalue weighted by Crippen LogP contribution is 2.30. The van der Waals surface area contributed by atoms with E-state index in [0.29, 0.717) is 11.6 Å². The molecule has 3 heterocycles. The zero-order chi connectivity index (χ0) is 18.6. The van der Waals surface area contributed by atoms with Crippen LogP contribution in [-0.2, 0) is 17.9 Å². The maximum Gasteiger partial charge on any atom is 0.240 e. The fourth-order valence-corrected chi connectivity index (χ4v) is 4.29. The highest BCUT2D eigenvalue weighted by Gasteiger charge is 2.11. The second-order valence-corrected chi connectivity index (χ2v) is 8.03. The Labute approximate surface area is 169 Å². The minimum Gasteiger partial charge on any atom is -0.350 e. The molecule has 4 rings (SSSR count). The molecule has 0 unspecified atom stereocenters. The molecular formula is C19H15ClN4OS2. The average Bonchev–Trinajstić information content (AvgIpc) is 3.41. The summed E-state index contributed by atoms with van der Waals surface area (Å²) in [6, 6.07) is 11.5. The van der Waals surface area contributed by atoms with Crippen LogP contribution in [0.15, 0.2) is 59.7 Å². The van der Waals surface area contributed by atoms with Crippen LogP contribution >= 0.6 is 34.3 Å². The van der Waals surface area contributed by atoms with E-state index in [1.807, 2.05) is 53.4 Å². The van der Waals surface area contributed by atoms with E-state index < -0.39 is 0 Å². The third kappa shape index (κ3) is 4.27. The number of nitrogens with zero attached hydrogens (tertiary/aromatic N) is 3. The number of thiazole rings is 1. The molecule has 0 aliphatic carbocycles. The predicted molar refractivity (Wildman–Crippen MR) is 110 cm³/mol. The number of aromatic nitrogens is 3. The maximum absolute atomic E-state index is 12.2. The lowest BCUT2D eigenvalue weighted by Gasteiger charge is -2.07. The molecule has 1 amide bonds. The Bertz CT molecular complexity index is 1060. The Morgan fingerprint density at radius 2 is 2.04 bits per heavy atom. The van der Waals surface area contributed by atoms with Gasteiger partial charge < -0.3 is 9.88 Å². The van der Waals surface area contributed by atoms with Crippen molar-refractivity contribution >= 4 is 40.2 Å². The van der Waals surface area contributed by atoms with E-state index >= 15 is 0 Å². The van der Waals surface area contributed by atoms with E-state index in [9.17, 15) is 4.79 Å². The lowest BCUT2D eigenvalue weighted by Crippen LogP contribution is -2.26. The predicted octanol–water partition coefficient (Wildman–Crippen LogP) is 4.70. The number of amides is 1. The number of hydrogen-bond donors (Lipinski definition) is 1. The first-order valence-corrected chi connectivity index (χ1v) is 10.3. The summed E-state index contributed by atoms with van der Waals surface area (Å²) in [4.78, 5) is 22.3. The molecule has 1 aromatic carbocycles. The van der Waals surface area contributed by atoms with Crippen LogP contribution in [0.4, 0.5) is 0 Å². The van der Waals surface area contributed by atoms with Gasteiger partial charge in [-0.05, 0) is 23.1 Å². The standard InChI is InChI=1S/C19H15ClN4OS2/c20-14-5-2-1-4-13(14)8-21-18(25)10-24-9-15(22-12-24)19-23-16(11-27-19)17-6-3-7-26-17/h1-7,9,11-12H,8,10H2,(H,21,25). The summed E-state index contributed by atoms with van der Waals surface area (Å²) in [5, 5.41) is 8.42. The molecule has 1 N–H and O–H groups in total. The molecule has 0 atom stereocenters. The van der Waals surface area contributed by atoms with Gasteiger partial charge in [0, 0.05) is 23.1 Å². The summed E-state index contributed by atoms with van der Waals surface area (Å²) >= 11 is 9.31. The summed E-state index contributed by atoms with van der Waals surface area (Å²) in [5.74, 6) is -0.0997. The zero-order valence-corrected chi connectivity index (χ0v) is 16.5. The van der Waals surface area contributed by atoms with Gasteiger partial charge in [-0.15, -0.1) is 22.7 Å². The van der Waals surface area contributed by atoms with Crippen LogP contribution in [0.5, 0.6) is 0 Å². The van der Waals surface area contributed by atoms with Crippen LogP contribution in [0.1, 0.15) is 5.56 Å². The van der Waals surface area contributed by atoms with Crippen LogP contribution in [0.3, 0.4) is 0 Å². The van der Waals surface area contributed by atoms with E-state index in [1.54, 1.807) is 33.6 Å². The topological polar surface area (TPSA) is 59.8 Å². The van der Waals surface area contributed by atoms with Gasteiger partial charge in [-0.3, -0.25) is 4.79 Å². The first kappa shape index (κ1) is 17.9. The number of hydrogen-bond acceptors (Lipinski definition) is 5. The first-order chi connectivity index (χ1) is 13.2. The maximum atomic E-state index is 12.2. The van der Waals surface area contributed by atoms with E-state index in [1.165, 1.54) is 0 Å². The number of nitrogens with one attached hydrogen (secondary N) is 1. The fourth-order valence-electron chi connectivity index (χ4n) is 2.54. The van der Waals surface area contributed by atoms with Gasteiger partial charge in [0.1, 0.15) is 17.2 Å². The van der Waals surface area contributed by atoms with Crippen LogP contribution in [-0.4, -0.2) is 20.4 Å². The number of carbonyl (C=O) groups excluding carboxylic acids is 1. The largest absolute Gasteiger partial charge is 0.350 e. The molecule has 136 valence electrons. The highest BCUT2D eigenvalue weighted by atomic mass is 35.5. The Kier molecular flexibility index (Phi) is 5.33. The average molecular weight is 415 g/mol. The minimum atomic E-state index is -0.0997.